The Balaban J connectivity index is 1.15. The first-order chi connectivity index (χ1) is 20.8. The van der Waals surface area contributed by atoms with Gasteiger partial charge in [-0.25, -0.2) is 5.32 Å². The van der Waals surface area contributed by atoms with Crippen LogP contribution in [0.25, 0.3) is 38.6 Å². The van der Waals surface area contributed by atoms with Crippen LogP contribution in [0.3, 0.4) is 0 Å². The van der Waals surface area contributed by atoms with E-state index in [-0.39, 0.29) is 12.3 Å². The minimum absolute atomic E-state index is 0.218. The highest BCUT2D eigenvalue weighted by Gasteiger charge is 2.47. The highest BCUT2D eigenvalue weighted by molar-refractivity contribution is 6.10. The van der Waals surface area contributed by atoms with Crippen LogP contribution >= 0.6 is 0 Å². The molecule has 0 spiro atoms. The number of nitrogens with one attached hydrogen (secondary N) is 2. The zero-order valence-corrected chi connectivity index (χ0v) is 23.2. The first-order valence-electron chi connectivity index (χ1n) is 14.8. The second kappa shape index (κ2) is 9.28. The lowest BCUT2D eigenvalue weighted by atomic mass is 9.85. The molecule has 2 heterocycles. The van der Waals surface area contributed by atoms with Gasteiger partial charge in [0.1, 0.15) is 5.69 Å². The molecule has 3 unspecified atom stereocenters. The van der Waals surface area contributed by atoms with Crippen molar-refractivity contribution < 1.29 is 4.90 Å². The predicted molar refractivity (Wildman–Crippen MR) is 171 cm³/mol. The van der Waals surface area contributed by atoms with E-state index in [4.69, 9.17) is 0 Å². The number of para-hydroxylation sites is 1. The summed E-state index contributed by atoms with van der Waals surface area (Å²) in [4.78, 5) is 1.46. The summed E-state index contributed by atoms with van der Waals surface area (Å²) in [5, 5.41) is 6.46. The summed E-state index contributed by atoms with van der Waals surface area (Å²) in [7, 11) is 0. The van der Waals surface area contributed by atoms with Crippen molar-refractivity contribution in [3.05, 3.63) is 168 Å². The monoisotopic (exact) mass is 540 g/mol. The molecular weight excluding hydrogens is 510 g/mol. The Labute approximate surface area is 245 Å². The van der Waals surface area contributed by atoms with Gasteiger partial charge in [-0.05, 0) is 52.9 Å². The number of quaternary nitrogens is 1. The van der Waals surface area contributed by atoms with Gasteiger partial charge >= 0.3 is 0 Å². The molecule has 200 valence electrons. The molecule has 7 aromatic rings. The van der Waals surface area contributed by atoms with E-state index in [0.717, 1.165) is 6.42 Å². The zero-order chi connectivity index (χ0) is 27.6. The summed E-state index contributed by atoms with van der Waals surface area (Å²) in [6, 6.07) is 53.3. The van der Waals surface area contributed by atoms with Crippen LogP contribution in [-0.2, 0) is 6.42 Å². The lowest BCUT2D eigenvalue weighted by Crippen LogP contribution is -3.19. The quantitative estimate of drug-likeness (QED) is 0.228. The Morgan fingerprint density at radius 1 is 0.571 bits per heavy atom. The number of fused-ring (bicyclic) bond motifs is 5. The van der Waals surface area contributed by atoms with E-state index in [0.29, 0.717) is 0 Å². The van der Waals surface area contributed by atoms with Crippen LogP contribution in [0.5, 0.6) is 0 Å². The third kappa shape index (κ3) is 3.61. The summed E-state index contributed by atoms with van der Waals surface area (Å²) in [6.45, 7) is 0. The molecule has 3 aliphatic rings. The largest absolute Gasteiger partial charge is 0.309 e. The van der Waals surface area contributed by atoms with Gasteiger partial charge in [0.15, 0.2) is 12.3 Å². The van der Waals surface area contributed by atoms with Gasteiger partial charge in [-0.2, -0.15) is 0 Å². The average molecular weight is 541 g/mol. The molecule has 1 aliphatic heterocycles. The second-order valence-corrected chi connectivity index (χ2v) is 11.6. The van der Waals surface area contributed by atoms with Gasteiger partial charge in [-0.1, -0.05) is 109 Å². The van der Waals surface area contributed by atoms with Gasteiger partial charge in [0.25, 0.3) is 0 Å². The van der Waals surface area contributed by atoms with Crippen molar-refractivity contribution in [2.75, 3.05) is 0 Å². The van der Waals surface area contributed by atoms with Gasteiger partial charge in [-0.15, -0.1) is 0 Å². The van der Waals surface area contributed by atoms with E-state index in [1.807, 2.05) is 0 Å². The van der Waals surface area contributed by atoms with Crippen LogP contribution in [0, 0.1) is 0 Å². The average Bonchev–Trinajstić information content (AvgIpc) is 3.35. The maximum absolute atomic E-state index is 3.90. The summed E-state index contributed by atoms with van der Waals surface area (Å²) >= 11 is 0. The van der Waals surface area contributed by atoms with Crippen LogP contribution in [0.1, 0.15) is 34.6 Å². The second-order valence-electron chi connectivity index (χ2n) is 11.6. The number of rotatable bonds is 5. The van der Waals surface area contributed by atoms with Crippen molar-refractivity contribution in [2.45, 2.75) is 18.8 Å². The van der Waals surface area contributed by atoms with Gasteiger partial charge in [-0.3, -0.25) is 4.90 Å². The van der Waals surface area contributed by atoms with E-state index in [2.05, 4.69) is 155 Å². The fraction of sp³-hybridized carbons (Fsp3) is 0.0769. The minimum Gasteiger partial charge on any atom is -0.309 e. The third-order valence-electron chi connectivity index (χ3n) is 9.24. The maximum Gasteiger partial charge on any atom is 0.179 e. The molecule has 6 aromatic carbocycles. The Bertz CT molecular complexity index is 2090. The minimum atomic E-state index is 0.218. The van der Waals surface area contributed by atoms with Gasteiger partial charge in [0.2, 0.25) is 0 Å². The molecule has 3 heteroatoms. The van der Waals surface area contributed by atoms with Crippen LogP contribution in [0.4, 0.5) is 5.69 Å². The maximum atomic E-state index is 3.90. The van der Waals surface area contributed by atoms with Crippen molar-refractivity contribution in [1.82, 2.24) is 9.88 Å². The van der Waals surface area contributed by atoms with Crippen molar-refractivity contribution in [1.29, 1.82) is 0 Å². The normalized spacial score (nSPS) is 19.0. The first-order valence-corrected chi connectivity index (χ1v) is 14.8. The van der Waals surface area contributed by atoms with Crippen LogP contribution < -0.4 is 10.2 Å². The van der Waals surface area contributed by atoms with Crippen molar-refractivity contribution in [3.8, 4) is 16.8 Å². The summed E-state index contributed by atoms with van der Waals surface area (Å²) < 4.78 is 2.42. The highest BCUT2D eigenvalue weighted by atomic mass is 15.5. The molecule has 1 aromatic heterocycles. The number of hydrogen-bond acceptors (Lipinski definition) is 1. The Morgan fingerprint density at radius 3 is 2.05 bits per heavy atom. The smallest absolute Gasteiger partial charge is 0.179 e. The van der Waals surface area contributed by atoms with E-state index < -0.39 is 0 Å². The summed E-state index contributed by atoms with van der Waals surface area (Å²) in [5.41, 5.74) is 13.1. The number of aromatic nitrogens is 1. The van der Waals surface area contributed by atoms with E-state index in [1.54, 1.807) is 0 Å². The topological polar surface area (TPSA) is 21.4 Å². The van der Waals surface area contributed by atoms with Crippen molar-refractivity contribution >= 4 is 27.5 Å². The molecule has 1 saturated heterocycles. The van der Waals surface area contributed by atoms with E-state index >= 15 is 0 Å². The molecule has 0 radical (unpaired) electrons. The molecule has 42 heavy (non-hydrogen) atoms. The summed E-state index contributed by atoms with van der Waals surface area (Å²) in [6.07, 6.45) is 1.56. The van der Waals surface area contributed by atoms with Crippen LogP contribution in [0.2, 0.25) is 0 Å². The van der Waals surface area contributed by atoms with Gasteiger partial charge in [0.05, 0.1) is 11.0 Å². The highest BCUT2D eigenvalue weighted by Crippen LogP contribution is 2.36. The number of nitrogens with zero attached hydrogens (tertiary/aromatic N) is 1. The number of benzene rings is 6. The number of hydrogen-bond donors (Lipinski definition) is 2. The van der Waals surface area contributed by atoms with E-state index in [1.165, 1.54) is 71.5 Å². The molecule has 2 aliphatic carbocycles. The molecule has 2 bridgehead atoms. The van der Waals surface area contributed by atoms with Crippen LogP contribution in [-0.4, -0.2) is 4.57 Å². The lowest BCUT2D eigenvalue weighted by molar-refractivity contribution is -0.962. The van der Waals surface area contributed by atoms with Crippen molar-refractivity contribution in [2.24, 2.45) is 0 Å². The molecular formula is C39H30N3+. The Kier molecular flexibility index (Phi) is 5.24. The molecule has 1 fully saturated rings. The lowest BCUT2D eigenvalue weighted by Gasteiger charge is -2.46. The molecule has 0 saturated carbocycles. The third-order valence-corrected chi connectivity index (χ3v) is 9.24. The van der Waals surface area contributed by atoms with Gasteiger partial charge in [0, 0.05) is 39.7 Å². The standard InChI is InChI=1S/C39H29N3/c1-3-9-27(10-4-1)29-16-22-35-34-13-7-8-14-36(34)41(37(35)25-29)31-17-19-32(20-18-31)42-38(28-11-5-2-6-12-28)40-39(42)33-21-15-26-23-30(33)24-26/h1-23,25,38-40H,24H2/p+1. The molecule has 2 N–H and O–H groups in total. The SMILES string of the molecule is c1ccc(-c2ccc3c4ccccc4n(-c4ccc([NH+]5C(c6ccccc6)NC5c5ccc6cc5C6)cc4)c3c2)cc1. The van der Waals surface area contributed by atoms with E-state index in [9.17, 15) is 0 Å². The van der Waals surface area contributed by atoms with Gasteiger partial charge < -0.3 is 4.57 Å². The zero-order valence-electron chi connectivity index (χ0n) is 23.2. The first kappa shape index (κ1) is 23.7. The molecule has 3 nitrogen and oxygen atoms in total. The summed E-state index contributed by atoms with van der Waals surface area (Å²) in [5.74, 6) is 0. The fourth-order valence-corrected chi connectivity index (χ4v) is 7.08. The molecule has 10 rings (SSSR count). The molecule has 0 amide bonds. The Morgan fingerprint density at radius 2 is 1.29 bits per heavy atom. The fourth-order valence-electron chi connectivity index (χ4n) is 7.08. The van der Waals surface area contributed by atoms with Crippen molar-refractivity contribution in [3.63, 3.8) is 0 Å². The molecule has 3 atom stereocenters. The Hall–Kier alpha value is -4.96. The predicted octanol–water partition coefficient (Wildman–Crippen LogP) is 7.87. The van der Waals surface area contributed by atoms with Crippen LogP contribution in [0.15, 0.2) is 146 Å².